The lowest BCUT2D eigenvalue weighted by molar-refractivity contribution is 0.104. The molecule has 0 aliphatic carbocycles. The summed E-state index contributed by atoms with van der Waals surface area (Å²) in [4.78, 5) is 13.5. The predicted octanol–water partition coefficient (Wildman–Crippen LogP) is 3.80. The molecule has 25 heavy (non-hydrogen) atoms. The van der Waals surface area contributed by atoms with Gasteiger partial charge < -0.3 is 0 Å². The fourth-order valence-electron chi connectivity index (χ4n) is 2.18. The minimum absolute atomic E-state index is 0.0678. The van der Waals surface area contributed by atoms with Gasteiger partial charge in [0.15, 0.2) is 0 Å². The fraction of sp³-hybridized carbons (Fsp3) is 0.118. The summed E-state index contributed by atoms with van der Waals surface area (Å²) in [5.74, 6) is -1.05. The normalized spacial score (nSPS) is 11.6. The first kappa shape index (κ1) is 17.9. The van der Waals surface area contributed by atoms with Gasteiger partial charge in [0.1, 0.15) is 5.82 Å². The summed E-state index contributed by atoms with van der Waals surface area (Å²) < 4.78 is 40.3. The zero-order chi connectivity index (χ0) is 17.9. The van der Waals surface area contributed by atoms with Gasteiger partial charge >= 0.3 is 0 Å². The average molecular weight is 396 g/mol. The third-order valence-electron chi connectivity index (χ3n) is 3.44. The highest BCUT2D eigenvalue weighted by molar-refractivity contribution is 7.88. The number of benzene rings is 1. The topological polar surface area (TPSA) is 63.2 Å². The van der Waals surface area contributed by atoms with Gasteiger partial charge in [-0.1, -0.05) is 18.2 Å². The van der Waals surface area contributed by atoms with Crippen LogP contribution in [0.2, 0.25) is 0 Å². The van der Waals surface area contributed by atoms with E-state index in [9.17, 15) is 17.6 Å². The van der Waals surface area contributed by atoms with Crippen molar-refractivity contribution in [2.75, 3.05) is 0 Å². The van der Waals surface area contributed by atoms with Crippen molar-refractivity contribution in [2.45, 2.75) is 12.3 Å². The van der Waals surface area contributed by atoms with Crippen LogP contribution in [0.4, 0.5) is 4.39 Å². The van der Waals surface area contributed by atoms with E-state index < -0.39 is 21.6 Å². The van der Waals surface area contributed by atoms with E-state index in [4.69, 9.17) is 0 Å². The molecule has 0 saturated carbocycles. The van der Waals surface area contributed by atoms with Gasteiger partial charge in [-0.15, -0.1) is 11.3 Å². The van der Waals surface area contributed by atoms with Gasteiger partial charge in [-0.2, -0.15) is 11.3 Å². The van der Waals surface area contributed by atoms with Crippen LogP contribution < -0.4 is 4.72 Å². The molecule has 130 valence electrons. The Morgan fingerprint density at radius 2 is 1.92 bits per heavy atom. The van der Waals surface area contributed by atoms with E-state index in [1.165, 1.54) is 40.9 Å². The molecule has 8 heteroatoms. The first-order valence-corrected chi connectivity index (χ1v) is 10.7. The van der Waals surface area contributed by atoms with Gasteiger partial charge in [0.25, 0.3) is 0 Å². The number of carbonyl (C=O) groups excluding carboxylic acids is 1. The van der Waals surface area contributed by atoms with Crippen LogP contribution in [0.25, 0.3) is 0 Å². The van der Waals surface area contributed by atoms with Gasteiger partial charge in [-0.25, -0.2) is 17.5 Å². The SMILES string of the molecule is O=C(c1ccsc1)c1ccc(CNS(=O)(=O)Cc2ccccc2F)s1. The highest BCUT2D eigenvalue weighted by atomic mass is 32.2. The number of halogens is 1. The molecule has 0 atom stereocenters. The Hall–Kier alpha value is -1.87. The summed E-state index contributed by atoms with van der Waals surface area (Å²) in [6.07, 6.45) is 0. The number of hydrogen-bond acceptors (Lipinski definition) is 5. The largest absolute Gasteiger partial charge is 0.288 e. The first-order chi connectivity index (χ1) is 11.9. The van der Waals surface area contributed by atoms with Crippen LogP contribution in [-0.4, -0.2) is 14.2 Å². The Morgan fingerprint density at radius 3 is 2.64 bits per heavy atom. The molecule has 0 spiro atoms. The molecule has 0 unspecified atom stereocenters. The van der Waals surface area contributed by atoms with E-state index in [1.807, 2.05) is 5.38 Å². The second kappa shape index (κ2) is 7.57. The molecule has 4 nitrogen and oxygen atoms in total. The fourth-order valence-corrected chi connectivity index (χ4v) is 4.94. The van der Waals surface area contributed by atoms with Crippen LogP contribution in [0.5, 0.6) is 0 Å². The molecule has 0 radical (unpaired) electrons. The highest BCUT2D eigenvalue weighted by Gasteiger charge is 2.16. The Labute approximate surface area is 153 Å². The molecular weight excluding hydrogens is 381 g/mol. The molecule has 1 aromatic carbocycles. The summed E-state index contributed by atoms with van der Waals surface area (Å²) in [5, 5.41) is 3.61. The Balaban J connectivity index is 1.64. The van der Waals surface area contributed by atoms with Crippen LogP contribution in [0.3, 0.4) is 0 Å². The molecule has 0 bridgehead atoms. The number of thiophene rings is 2. The number of rotatable bonds is 7. The van der Waals surface area contributed by atoms with Crippen molar-refractivity contribution in [1.82, 2.24) is 4.72 Å². The Kier molecular flexibility index (Phi) is 5.43. The van der Waals surface area contributed by atoms with E-state index in [1.54, 1.807) is 29.6 Å². The number of nitrogens with one attached hydrogen (secondary N) is 1. The lowest BCUT2D eigenvalue weighted by atomic mass is 10.2. The van der Waals surface area contributed by atoms with Gasteiger partial charge in [0, 0.05) is 27.9 Å². The molecule has 2 heterocycles. The maximum atomic E-state index is 13.6. The molecule has 3 aromatic rings. The highest BCUT2D eigenvalue weighted by Crippen LogP contribution is 2.21. The average Bonchev–Trinajstić information content (AvgIpc) is 3.26. The van der Waals surface area contributed by atoms with E-state index in [0.29, 0.717) is 10.4 Å². The lowest BCUT2D eigenvalue weighted by Gasteiger charge is -2.06. The van der Waals surface area contributed by atoms with Crippen molar-refractivity contribution < 1.29 is 17.6 Å². The maximum Gasteiger partial charge on any atom is 0.216 e. The molecule has 0 amide bonds. The summed E-state index contributed by atoms with van der Waals surface area (Å²) in [6, 6.07) is 10.9. The van der Waals surface area contributed by atoms with Crippen LogP contribution in [0.15, 0.2) is 53.2 Å². The minimum Gasteiger partial charge on any atom is -0.288 e. The van der Waals surface area contributed by atoms with Crippen molar-refractivity contribution in [2.24, 2.45) is 0 Å². The summed E-state index contributed by atoms with van der Waals surface area (Å²) in [7, 11) is -3.68. The molecule has 0 aliphatic rings. The number of hydrogen-bond donors (Lipinski definition) is 1. The van der Waals surface area contributed by atoms with Crippen LogP contribution >= 0.6 is 22.7 Å². The van der Waals surface area contributed by atoms with Crippen molar-refractivity contribution in [1.29, 1.82) is 0 Å². The monoisotopic (exact) mass is 395 g/mol. The third-order valence-corrected chi connectivity index (χ3v) is 6.48. The molecule has 0 fully saturated rings. The molecule has 3 rings (SSSR count). The molecule has 0 aliphatic heterocycles. The van der Waals surface area contributed by atoms with Crippen LogP contribution in [-0.2, 0) is 22.3 Å². The maximum absolute atomic E-state index is 13.6. The van der Waals surface area contributed by atoms with E-state index in [2.05, 4.69) is 4.72 Å². The van der Waals surface area contributed by atoms with Crippen molar-refractivity contribution in [3.63, 3.8) is 0 Å². The van der Waals surface area contributed by atoms with Crippen molar-refractivity contribution in [3.05, 3.63) is 79.9 Å². The number of carbonyl (C=O) groups is 1. The van der Waals surface area contributed by atoms with Gasteiger partial charge in [0.05, 0.1) is 10.6 Å². The minimum atomic E-state index is -3.68. The quantitative estimate of drug-likeness (QED) is 0.619. The molecular formula is C17H14FNO3S3. The van der Waals surface area contributed by atoms with Gasteiger partial charge in [-0.3, -0.25) is 4.79 Å². The van der Waals surface area contributed by atoms with E-state index >= 15 is 0 Å². The van der Waals surface area contributed by atoms with E-state index in [-0.39, 0.29) is 17.9 Å². The van der Waals surface area contributed by atoms with Crippen molar-refractivity contribution in [3.8, 4) is 0 Å². The second-order valence-electron chi connectivity index (χ2n) is 5.28. The second-order valence-corrected chi connectivity index (χ2v) is 9.03. The zero-order valence-corrected chi connectivity index (χ0v) is 15.4. The van der Waals surface area contributed by atoms with Crippen molar-refractivity contribution >= 4 is 38.5 Å². The summed E-state index contributed by atoms with van der Waals surface area (Å²) >= 11 is 2.69. The standard InChI is InChI=1S/C17H14FNO3S3/c18-15-4-2-1-3-13(15)11-25(21,22)19-9-14-5-6-16(24-14)17(20)12-7-8-23-10-12/h1-8,10,19H,9,11H2. The lowest BCUT2D eigenvalue weighted by Crippen LogP contribution is -2.24. The molecule has 0 saturated heterocycles. The summed E-state index contributed by atoms with van der Waals surface area (Å²) in [5.41, 5.74) is 0.744. The van der Waals surface area contributed by atoms with Gasteiger partial charge in [0.2, 0.25) is 15.8 Å². The Bertz CT molecular complexity index is 978. The Morgan fingerprint density at radius 1 is 1.12 bits per heavy atom. The van der Waals surface area contributed by atoms with E-state index in [0.717, 1.165) is 4.88 Å². The zero-order valence-electron chi connectivity index (χ0n) is 12.9. The van der Waals surface area contributed by atoms with Crippen LogP contribution in [0, 0.1) is 5.82 Å². The number of sulfonamides is 1. The smallest absolute Gasteiger partial charge is 0.216 e. The van der Waals surface area contributed by atoms with Crippen LogP contribution in [0.1, 0.15) is 25.7 Å². The number of ketones is 1. The molecule has 2 aromatic heterocycles. The van der Waals surface area contributed by atoms with Gasteiger partial charge in [-0.05, 0) is 29.6 Å². The molecule has 1 N–H and O–H groups in total. The summed E-state index contributed by atoms with van der Waals surface area (Å²) in [6.45, 7) is 0.0678. The predicted molar refractivity (Wildman–Crippen MR) is 97.9 cm³/mol. The third kappa shape index (κ3) is 4.60. The first-order valence-electron chi connectivity index (χ1n) is 7.31.